The first-order chi connectivity index (χ1) is 7.54. The average Bonchev–Trinajstić information content (AvgIpc) is 2.28. The first-order valence-corrected chi connectivity index (χ1v) is 5.80. The Hall–Kier alpha value is -1.10. The molecule has 0 aromatic carbocycles. The number of nitrogens with zero attached hydrogens (tertiary/aromatic N) is 1. The predicted molar refractivity (Wildman–Crippen MR) is 60.1 cm³/mol. The summed E-state index contributed by atoms with van der Waals surface area (Å²) >= 11 is 0. The van der Waals surface area contributed by atoms with Gasteiger partial charge in [0.1, 0.15) is 5.92 Å². The summed E-state index contributed by atoms with van der Waals surface area (Å²) in [6.45, 7) is 6.52. The second-order valence-electron chi connectivity index (χ2n) is 4.28. The predicted octanol–water partition coefficient (Wildman–Crippen LogP) is 0.308. The van der Waals surface area contributed by atoms with Gasteiger partial charge < -0.3 is 15.3 Å². The molecule has 0 spiro atoms. The van der Waals surface area contributed by atoms with Gasteiger partial charge in [-0.2, -0.15) is 0 Å². The van der Waals surface area contributed by atoms with Crippen molar-refractivity contribution < 1.29 is 14.7 Å². The van der Waals surface area contributed by atoms with Crippen LogP contribution in [-0.2, 0) is 9.59 Å². The van der Waals surface area contributed by atoms with Gasteiger partial charge in [-0.15, -0.1) is 0 Å². The number of hydrogen-bond acceptors (Lipinski definition) is 3. The van der Waals surface area contributed by atoms with Crippen molar-refractivity contribution in [3.8, 4) is 0 Å². The van der Waals surface area contributed by atoms with E-state index in [2.05, 4.69) is 17.1 Å². The zero-order valence-electron chi connectivity index (χ0n) is 9.90. The van der Waals surface area contributed by atoms with Gasteiger partial charge in [-0.3, -0.25) is 9.59 Å². The molecule has 2 N–H and O–H groups in total. The smallest absolute Gasteiger partial charge is 0.315 e. The second kappa shape index (κ2) is 5.84. The molecule has 0 radical (unpaired) electrons. The Morgan fingerprint density at radius 2 is 2.00 bits per heavy atom. The molecule has 0 aliphatic carbocycles. The summed E-state index contributed by atoms with van der Waals surface area (Å²) in [6.07, 6.45) is 1.82. The molecule has 1 aliphatic heterocycles. The number of nitrogens with one attached hydrogen (secondary N) is 1. The molecule has 1 rings (SSSR count). The normalized spacial score (nSPS) is 20.4. The Bertz CT molecular complexity index is 260. The van der Waals surface area contributed by atoms with E-state index in [0.717, 1.165) is 32.5 Å². The van der Waals surface area contributed by atoms with Gasteiger partial charge in [0.15, 0.2) is 0 Å². The van der Waals surface area contributed by atoms with E-state index in [1.165, 1.54) is 6.92 Å². The standard InChI is InChI=1S/C11H20N2O3/c1-3-13-6-4-9(5-7-13)12-10(14)8(2)11(15)16/h8-9H,3-7H2,1-2H3,(H,12,14)(H,15,16). The first kappa shape index (κ1) is 13.0. The van der Waals surface area contributed by atoms with E-state index < -0.39 is 11.9 Å². The van der Waals surface area contributed by atoms with Crippen LogP contribution in [0.25, 0.3) is 0 Å². The summed E-state index contributed by atoms with van der Waals surface area (Å²) in [5, 5.41) is 11.5. The van der Waals surface area contributed by atoms with E-state index in [1.807, 2.05) is 0 Å². The monoisotopic (exact) mass is 228 g/mol. The molecule has 0 saturated carbocycles. The van der Waals surface area contributed by atoms with Crippen LogP contribution in [0.3, 0.4) is 0 Å². The topological polar surface area (TPSA) is 69.6 Å². The summed E-state index contributed by atoms with van der Waals surface area (Å²) in [5.41, 5.74) is 0. The number of carbonyl (C=O) groups excluding carboxylic acids is 1. The second-order valence-corrected chi connectivity index (χ2v) is 4.28. The number of amides is 1. The van der Waals surface area contributed by atoms with Crippen molar-refractivity contribution in [2.24, 2.45) is 5.92 Å². The molecular weight excluding hydrogens is 208 g/mol. The van der Waals surface area contributed by atoms with E-state index in [0.29, 0.717) is 0 Å². The third-order valence-corrected chi connectivity index (χ3v) is 3.14. The van der Waals surface area contributed by atoms with Crippen LogP contribution in [0.15, 0.2) is 0 Å². The van der Waals surface area contributed by atoms with E-state index in [1.54, 1.807) is 0 Å². The van der Waals surface area contributed by atoms with Crippen molar-refractivity contribution in [2.75, 3.05) is 19.6 Å². The molecule has 5 nitrogen and oxygen atoms in total. The molecule has 0 aromatic rings. The van der Waals surface area contributed by atoms with Crippen LogP contribution in [0, 0.1) is 5.92 Å². The molecule has 1 atom stereocenters. The Morgan fingerprint density at radius 3 is 2.44 bits per heavy atom. The number of carbonyl (C=O) groups is 2. The number of rotatable bonds is 4. The molecule has 1 unspecified atom stereocenters. The summed E-state index contributed by atoms with van der Waals surface area (Å²) < 4.78 is 0. The van der Waals surface area contributed by atoms with Crippen molar-refractivity contribution in [3.63, 3.8) is 0 Å². The van der Waals surface area contributed by atoms with Gasteiger partial charge in [0, 0.05) is 19.1 Å². The third kappa shape index (κ3) is 3.48. The fraction of sp³-hybridized carbons (Fsp3) is 0.818. The highest BCUT2D eigenvalue weighted by molar-refractivity contribution is 5.96. The minimum atomic E-state index is -1.07. The Balaban J connectivity index is 2.33. The minimum Gasteiger partial charge on any atom is -0.481 e. The molecule has 5 heteroatoms. The quantitative estimate of drug-likeness (QED) is 0.679. The Labute approximate surface area is 95.8 Å². The molecule has 1 amide bonds. The zero-order valence-corrected chi connectivity index (χ0v) is 9.90. The van der Waals surface area contributed by atoms with Crippen LogP contribution in [-0.4, -0.2) is 47.6 Å². The van der Waals surface area contributed by atoms with Crippen molar-refractivity contribution in [2.45, 2.75) is 32.7 Å². The van der Waals surface area contributed by atoms with Crippen molar-refractivity contribution >= 4 is 11.9 Å². The fourth-order valence-corrected chi connectivity index (χ4v) is 1.83. The SMILES string of the molecule is CCN1CCC(NC(=O)C(C)C(=O)O)CC1. The van der Waals surface area contributed by atoms with Gasteiger partial charge in [0.2, 0.25) is 5.91 Å². The van der Waals surface area contributed by atoms with Gasteiger partial charge in [-0.1, -0.05) is 6.92 Å². The van der Waals surface area contributed by atoms with Crippen LogP contribution in [0.2, 0.25) is 0 Å². The summed E-state index contributed by atoms with van der Waals surface area (Å²) in [7, 11) is 0. The summed E-state index contributed by atoms with van der Waals surface area (Å²) in [6, 6.07) is 0.136. The van der Waals surface area contributed by atoms with E-state index in [-0.39, 0.29) is 11.9 Å². The largest absolute Gasteiger partial charge is 0.481 e. The van der Waals surface area contributed by atoms with Gasteiger partial charge in [0.25, 0.3) is 0 Å². The molecule has 92 valence electrons. The van der Waals surface area contributed by atoms with Crippen molar-refractivity contribution in [3.05, 3.63) is 0 Å². The molecule has 1 heterocycles. The maximum absolute atomic E-state index is 11.5. The Morgan fingerprint density at radius 1 is 1.44 bits per heavy atom. The molecule has 1 saturated heterocycles. The van der Waals surface area contributed by atoms with Gasteiger partial charge >= 0.3 is 5.97 Å². The van der Waals surface area contributed by atoms with Crippen LogP contribution in [0.5, 0.6) is 0 Å². The van der Waals surface area contributed by atoms with Crippen LogP contribution in [0.4, 0.5) is 0 Å². The zero-order chi connectivity index (χ0) is 12.1. The number of carboxylic acid groups (broad SMARTS) is 1. The lowest BCUT2D eigenvalue weighted by atomic mass is 10.0. The average molecular weight is 228 g/mol. The maximum atomic E-state index is 11.5. The van der Waals surface area contributed by atoms with Gasteiger partial charge in [0.05, 0.1) is 0 Å². The molecule has 0 aromatic heterocycles. The van der Waals surface area contributed by atoms with E-state index in [4.69, 9.17) is 5.11 Å². The number of hydrogen-bond donors (Lipinski definition) is 2. The molecule has 0 bridgehead atoms. The number of carboxylic acids is 1. The highest BCUT2D eigenvalue weighted by atomic mass is 16.4. The molecule has 16 heavy (non-hydrogen) atoms. The summed E-state index contributed by atoms with van der Waals surface area (Å²) in [4.78, 5) is 24.4. The number of aliphatic carboxylic acids is 1. The molecular formula is C11H20N2O3. The van der Waals surface area contributed by atoms with Gasteiger partial charge in [-0.05, 0) is 26.3 Å². The third-order valence-electron chi connectivity index (χ3n) is 3.14. The molecule has 1 fully saturated rings. The highest BCUT2D eigenvalue weighted by Gasteiger charge is 2.25. The highest BCUT2D eigenvalue weighted by Crippen LogP contribution is 2.10. The Kier molecular flexibility index (Phi) is 4.73. The number of likely N-dealkylation sites (tertiary alicyclic amines) is 1. The number of piperidine rings is 1. The maximum Gasteiger partial charge on any atom is 0.315 e. The summed E-state index contributed by atoms with van der Waals surface area (Å²) in [5.74, 6) is -2.39. The van der Waals surface area contributed by atoms with Crippen molar-refractivity contribution in [1.82, 2.24) is 10.2 Å². The van der Waals surface area contributed by atoms with Crippen LogP contribution < -0.4 is 5.32 Å². The van der Waals surface area contributed by atoms with Crippen molar-refractivity contribution in [1.29, 1.82) is 0 Å². The van der Waals surface area contributed by atoms with Crippen LogP contribution >= 0.6 is 0 Å². The lowest BCUT2D eigenvalue weighted by Gasteiger charge is -2.31. The fourth-order valence-electron chi connectivity index (χ4n) is 1.83. The van der Waals surface area contributed by atoms with Crippen LogP contribution in [0.1, 0.15) is 26.7 Å². The lowest BCUT2D eigenvalue weighted by molar-refractivity contribution is -0.146. The minimum absolute atomic E-state index is 0.136. The lowest BCUT2D eigenvalue weighted by Crippen LogP contribution is -2.46. The molecule has 1 aliphatic rings. The first-order valence-electron chi connectivity index (χ1n) is 5.80. The van der Waals surface area contributed by atoms with Gasteiger partial charge in [-0.25, -0.2) is 0 Å². The van der Waals surface area contributed by atoms with E-state index in [9.17, 15) is 9.59 Å². The van der Waals surface area contributed by atoms with E-state index >= 15 is 0 Å².